The molecule has 1 aliphatic rings. The van der Waals surface area contributed by atoms with E-state index in [-0.39, 0.29) is 18.1 Å². The number of nitrogens with two attached hydrogens (primary N) is 1. The van der Waals surface area contributed by atoms with Crippen molar-refractivity contribution in [1.29, 1.82) is 0 Å². The predicted octanol–water partition coefficient (Wildman–Crippen LogP) is 2.01. The van der Waals surface area contributed by atoms with E-state index in [2.05, 4.69) is 48.3 Å². The van der Waals surface area contributed by atoms with Crippen molar-refractivity contribution in [3.05, 3.63) is 38.7 Å². The maximum Gasteiger partial charge on any atom is 0.312 e. The Labute approximate surface area is 192 Å². The van der Waals surface area contributed by atoms with Crippen LogP contribution in [0.4, 0.5) is 10.2 Å². The minimum atomic E-state index is -3.28. The van der Waals surface area contributed by atoms with Gasteiger partial charge in [-0.25, -0.2) is 18.1 Å². The van der Waals surface area contributed by atoms with Crippen LogP contribution in [-0.4, -0.2) is 46.8 Å². The standard InChI is InChI=1S/C19H22FIN6O3S/c1-2-31(28,29)23-5-3-6-27-15(24-16-17(22)25-19(20)26-18(16)27)10-12-9-14-11(4-7-30-14)8-13(12)21/h8-9,23H,2-7,10H2,1H3,(H2,22,25,26). The van der Waals surface area contributed by atoms with Crippen LogP contribution in [0.25, 0.3) is 11.2 Å². The summed E-state index contributed by atoms with van der Waals surface area (Å²) in [5.41, 5.74) is 8.72. The number of sulfonamides is 1. The second-order valence-corrected chi connectivity index (χ2v) is 10.5. The van der Waals surface area contributed by atoms with Crippen molar-refractivity contribution in [2.75, 3.05) is 24.6 Å². The summed E-state index contributed by atoms with van der Waals surface area (Å²) in [7, 11) is -3.28. The molecule has 2 aromatic heterocycles. The van der Waals surface area contributed by atoms with Crippen molar-refractivity contribution < 1.29 is 17.5 Å². The molecule has 0 radical (unpaired) electrons. The van der Waals surface area contributed by atoms with E-state index in [4.69, 9.17) is 10.5 Å². The fourth-order valence-electron chi connectivity index (χ4n) is 3.52. The molecule has 3 N–H and O–H groups in total. The number of aromatic nitrogens is 4. The fourth-order valence-corrected chi connectivity index (χ4v) is 4.90. The number of nitrogen functional groups attached to an aromatic ring is 1. The summed E-state index contributed by atoms with van der Waals surface area (Å²) in [6.07, 6.45) is 0.911. The zero-order valence-corrected chi connectivity index (χ0v) is 19.8. The third-order valence-corrected chi connectivity index (χ3v) is 7.55. The van der Waals surface area contributed by atoms with Gasteiger partial charge >= 0.3 is 6.08 Å². The summed E-state index contributed by atoms with van der Waals surface area (Å²) in [5, 5.41) is 0. The van der Waals surface area contributed by atoms with Gasteiger partial charge in [-0.2, -0.15) is 14.4 Å². The Kier molecular flexibility index (Phi) is 6.30. The number of rotatable bonds is 8. The SMILES string of the molecule is CCS(=O)(=O)NCCCn1c(Cc2cc3c(cc2I)CCO3)nc2c(N)nc(F)nc21. The Morgan fingerprint density at radius 1 is 1.32 bits per heavy atom. The molecule has 0 unspecified atom stereocenters. The summed E-state index contributed by atoms with van der Waals surface area (Å²) >= 11 is 2.29. The van der Waals surface area contributed by atoms with Gasteiger partial charge in [0.15, 0.2) is 17.0 Å². The first-order chi connectivity index (χ1) is 14.8. The normalized spacial score (nSPS) is 13.5. The van der Waals surface area contributed by atoms with E-state index in [1.165, 1.54) is 5.56 Å². The van der Waals surface area contributed by atoms with Gasteiger partial charge < -0.3 is 15.0 Å². The van der Waals surface area contributed by atoms with Gasteiger partial charge in [0.25, 0.3) is 0 Å². The Morgan fingerprint density at radius 2 is 2.13 bits per heavy atom. The lowest BCUT2D eigenvalue weighted by Gasteiger charge is -2.11. The fraction of sp³-hybridized carbons (Fsp3) is 0.421. The number of nitrogens with zero attached hydrogens (tertiary/aromatic N) is 4. The molecule has 0 bridgehead atoms. The summed E-state index contributed by atoms with van der Waals surface area (Å²) in [5.74, 6) is 1.51. The molecule has 0 atom stereocenters. The average Bonchev–Trinajstić information content (AvgIpc) is 3.30. The van der Waals surface area contributed by atoms with Crippen molar-refractivity contribution in [1.82, 2.24) is 24.2 Å². The van der Waals surface area contributed by atoms with Gasteiger partial charge in [0.2, 0.25) is 10.0 Å². The molecule has 0 saturated heterocycles. The van der Waals surface area contributed by atoms with Crippen LogP contribution in [0.2, 0.25) is 0 Å². The lowest BCUT2D eigenvalue weighted by Crippen LogP contribution is -2.27. The molecular weight excluding hydrogens is 538 g/mol. The average molecular weight is 560 g/mol. The number of anilines is 1. The number of hydrogen-bond donors (Lipinski definition) is 2. The number of nitrogens with one attached hydrogen (secondary N) is 1. The van der Waals surface area contributed by atoms with Crippen LogP contribution in [0.15, 0.2) is 12.1 Å². The molecule has 31 heavy (non-hydrogen) atoms. The highest BCUT2D eigenvalue weighted by Crippen LogP contribution is 2.31. The Hall–Kier alpha value is -2.06. The summed E-state index contributed by atoms with van der Waals surface area (Å²) in [6, 6.07) is 4.12. The smallest absolute Gasteiger partial charge is 0.312 e. The number of benzene rings is 1. The van der Waals surface area contributed by atoms with E-state index >= 15 is 0 Å². The summed E-state index contributed by atoms with van der Waals surface area (Å²) in [6.45, 7) is 2.90. The highest BCUT2D eigenvalue weighted by molar-refractivity contribution is 14.1. The van der Waals surface area contributed by atoms with Gasteiger partial charge in [0.1, 0.15) is 11.6 Å². The molecule has 0 aliphatic carbocycles. The van der Waals surface area contributed by atoms with Gasteiger partial charge in [-0.1, -0.05) is 0 Å². The van der Waals surface area contributed by atoms with Crippen LogP contribution >= 0.6 is 22.6 Å². The van der Waals surface area contributed by atoms with Gasteiger partial charge in [-0.15, -0.1) is 0 Å². The molecule has 1 aliphatic heterocycles. The third kappa shape index (κ3) is 4.75. The number of ether oxygens (including phenoxy) is 1. The van der Waals surface area contributed by atoms with Gasteiger partial charge in [-0.3, -0.25) is 0 Å². The van der Waals surface area contributed by atoms with Crippen LogP contribution in [0.1, 0.15) is 30.3 Å². The van der Waals surface area contributed by atoms with Crippen molar-refractivity contribution in [2.24, 2.45) is 0 Å². The van der Waals surface area contributed by atoms with E-state index in [1.54, 1.807) is 11.5 Å². The zero-order valence-electron chi connectivity index (χ0n) is 16.9. The minimum absolute atomic E-state index is 0.0140. The molecule has 0 spiro atoms. The first kappa shape index (κ1) is 22.1. The molecule has 12 heteroatoms. The second-order valence-electron chi connectivity index (χ2n) is 7.21. The van der Waals surface area contributed by atoms with E-state index in [9.17, 15) is 12.8 Å². The number of fused-ring (bicyclic) bond motifs is 2. The van der Waals surface area contributed by atoms with Crippen LogP contribution in [-0.2, 0) is 29.4 Å². The number of aryl methyl sites for hydroxylation is 1. The van der Waals surface area contributed by atoms with E-state index in [0.29, 0.717) is 43.0 Å². The van der Waals surface area contributed by atoms with Crippen LogP contribution in [0.3, 0.4) is 0 Å². The number of hydrogen-bond acceptors (Lipinski definition) is 7. The molecule has 4 rings (SSSR count). The summed E-state index contributed by atoms with van der Waals surface area (Å²) < 4.78 is 48.3. The quantitative estimate of drug-likeness (QED) is 0.245. The summed E-state index contributed by atoms with van der Waals surface area (Å²) in [4.78, 5) is 12.1. The Morgan fingerprint density at radius 3 is 2.90 bits per heavy atom. The lowest BCUT2D eigenvalue weighted by atomic mass is 10.1. The molecule has 3 aromatic rings. The molecule has 166 valence electrons. The molecule has 0 saturated carbocycles. The van der Waals surface area contributed by atoms with Gasteiger partial charge in [0, 0.05) is 29.5 Å². The van der Waals surface area contributed by atoms with E-state index < -0.39 is 16.1 Å². The van der Waals surface area contributed by atoms with E-state index in [0.717, 1.165) is 21.3 Å². The highest BCUT2D eigenvalue weighted by atomic mass is 127. The highest BCUT2D eigenvalue weighted by Gasteiger charge is 2.20. The molecule has 0 amide bonds. The Balaban J connectivity index is 1.66. The van der Waals surface area contributed by atoms with Gasteiger partial charge in [0.05, 0.1) is 12.4 Å². The second kappa shape index (κ2) is 8.82. The van der Waals surface area contributed by atoms with Crippen molar-refractivity contribution in [3.8, 4) is 5.75 Å². The van der Waals surface area contributed by atoms with Crippen molar-refractivity contribution in [3.63, 3.8) is 0 Å². The molecule has 1 aromatic carbocycles. The Bertz CT molecular complexity index is 1250. The zero-order chi connectivity index (χ0) is 22.2. The first-order valence-corrected chi connectivity index (χ1v) is 12.6. The van der Waals surface area contributed by atoms with Crippen molar-refractivity contribution in [2.45, 2.75) is 32.7 Å². The van der Waals surface area contributed by atoms with E-state index in [1.807, 2.05) is 6.07 Å². The van der Waals surface area contributed by atoms with Crippen LogP contribution < -0.4 is 15.2 Å². The number of halogens is 2. The first-order valence-electron chi connectivity index (χ1n) is 9.87. The maximum absolute atomic E-state index is 13.9. The topological polar surface area (TPSA) is 125 Å². The maximum atomic E-state index is 13.9. The van der Waals surface area contributed by atoms with Gasteiger partial charge in [-0.05, 0) is 59.2 Å². The molecule has 3 heterocycles. The number of imidazole rings is 1. The molecule has 0 fully saturated rings. The third-order valence-electron chi connectivity index (χ3n) is 5.14. The van der Waals surface area contributed by atoms with Crippen LogP contribution in [0, 0.1) is 9.65 Å². The molecule has 9 nitrogen and oxygen atoms in total. The minimum Gasteiger partial charge on any atom is -0.493 e. The predicted molar refractivity (Wildman–Crippen MR) is 123 cm³/mol. The lowest BCUT2D eigenvalue weighted by molar-refractivity contribution is 0.356. The largest absolute Gasteiger partial charge is 0.493 e. The molecular formula is C19H22FIN6O3S. The van der Waals surface area contributed by atoms with Crippen molar-refractivity contribution >= 4 is 49.6 Å². The monoisotopic (exact) mass is 560 g/mol. The van der Waals surface area contributed by atoms with Crippen LogP contribution in [0.5, 0.6) is 5.75 Å².